The zero-order valence-electron chi connectivity index (χ0n) is 18.8. The van der Waals surface area contributed by atoms with Gasteiger partial charge in [0.25, 0.3) is 0 Å². The lowest BCUT2D eigenvalue weighted by molar-refractivity contribution is 0.198. The maximum absolute atomic E-state index is 4.46. The standard InChI is InChI=1S/C25H35N5.HI/c1-26-25(27-18-21-10-11-24-22(17-21)9-6-14-29(24)2)28-23-12-15-30(16-13-23)19-20-7-4-3-5-8-20;/h3-5,7-8,10-11,17,23H,6,9,12-16,18-19H2,1-2H3,(H2,26,27,28);1H. The number of hydrogen-bond donors (Lipinski definition) is 2. The van der Waals surface area contributed by atoms with Crippen LogP contribution in [-0.4, -0.2) is 50.6 Å². The predicted molar refractivity (Wildman–Crippen MR) is 142 cm³/mol. The summed E-state index contributed by atoms with van der Waals surface area (Å²) in [5.41, 5.74) is 5.58. The van der Waals surface area contributed by atoms with Crippen molar-refractivity contribution in [3.8, 4) is 0 Å². The molecule has 0 unspecified atom stereocenters. The summed E-state index contributed by atoms with van der Waals surface area (Å²) in [7, 11) is 4.05. The van der Waals surface area contributed by atoms with Crippen molar-refractivity contribution >= 4 is 35.6 Å². The topological polar surface area (TPSA) is 42.9 Å². The quantitative estimate of drug-likeness (QED) is 0.346. The molecule has 2 aliphatic rings. The van der Waals surface area contributed by atoms with Gasteiger partial charge in [-0.05, 0) is 48.4 Å². The Balaban J connectivity index is 0.00000272. The maximum Gasteiger partial charge on any atom is 0.191 e. The van der Waals surface area contributed by atoms with Crippen molar-refractivity contribution in [1.29, 1.82) is 0 Å². The van der Waals surface area contributed by atoms with E-state index in [0.717, 1.165) is 51.5 Å². The van der Waals surface area contributed by atoms with Gasteiger partial charge in [-0.15, -0.1) is 24.0 Å². The molecule has 2 heterocycles. The zero-order chi connectivity index (χ0) is 20.8. The molecule has 0 radical (unpaired) electrons. The number of guanidine groups is 1. The molecule has 0 bridgehead atoms. The first-order chi connectivity index (χ1) is 14.7. The SMILES string of the molecule is CN=C(NCc1ccc2c(c1)CCCN2C)NC1CCN(Cc2ccccc2)CC1.I. The molecule has 2 aromatic carbocycles. The molecular weight excluding hydrogens is 497 g/mol. The van der Waals surface area contributed by atoms with Gasteiger partial charge in [-0.3, -0.25) is 9.89 Å². The van der Waals surface area contributed by atoms with E-state index in [0.29, 0.717) is 6.04 Å². The van der Waals surface area contributed by atoms with E-state index in [4.69, 9.17) is 0 Å². The van der Waals surface area contributed by atoms with Gasteiger partial charge in [-0.25, -0.2) is 0 Å². The van der Waals surface area contributed by atoms with Crippen molar-refractivity contribution in [3.05, 3.63) is 65.2 Å². The summed E-state index contributed by atoms with van der Waals surface area (Å²) in [6.07, 6.45) is 4.73. The van der Waals surface area contributed by atoms with Crippen molar-refractivity contribution < 1.29 is 0 Å². The number of piperidine rings is 1. The first-order valence-electron chi connectivity index (χ1n) is 11.3. The van der Waals surface area contributed by atoms with Gasteiger partial charge in [0.15, 0.2) is 5.96 Å². The van der Waals surface area contributed by atoms with Gasteiger partial charge in [-0.1, -0.05) is 42.5 Å². The van der Waals surface area contributed by atoms with Crippen LogP contribution in [0.3, 0.4) is 0 Å². The zero-order valence-corrected chi connectivity index (χ0v) is 21.1. The van der Waals surface area contributed by atoms with Crippen LogP contribution in [0.15, 0.2) is 53.5 Å². The fraction of sp³-hybridized carbons (Fsp3) is 0.480. The molecular formula is C25H36IN5. The molecule has 0 aliphatic carbocycles. The van der Waals surface area contributed by atoms with Crippen LogP contribution in [0.1, 0.15) is 36.0 Å². The minimum Gasteiger partial charge on any atom is -0.374 e. The molecule has 0 aromatic heterocycles. The monoisotopic (exact) mass is 533 g/mol. The highest BCUT2D eigenvalue weighted by Crippen LogP contribution is 2.26. The summed E-state index contributed by atoms with van der Waals surface area (Å²) >= 11 is 0. The Kier molecular flexibility index (Phi) is 9.02. The molecule has 0 saturated carbocycles. The van der Waals surface area contributed by atoms with Crippen LogP contribution in [-0.2, 0) is 19.5 Å². The maximum atomic E-state index is 4.46. The van der Waals surface area contributed by atoms with Crippen molar-refractivity contribution in [2.24, 2.45) is 4.99 Å². The summed E-state index contributed by atoms with van der Waals surface area (Å²) in [5, 5.41) is 7.15. The number of halogens is 1. The predicted octanol–water partition coefficient (Wildman–Crippen LogP) is 4.02. The second-order valence-electron chi connectivity index (χ2n) is 8.59. The van der Waals surface area contributed by atoms with Crippen LogP contribution in [0.4, 0.5) is 5.69 Å². The van der Waals surface area contributed by atoms with Crippen LogP contribution < -0.4 is 15.5 Å². The average molecular weight is 534 g/mol. The lowest BCUT2D eigenvalue weighted by atomic mass is 9.99. The van der Waals surface area contributed by atoms with Gasteiger partial charge >= 0.3 is 0 Å². The van der Waals surface area contributed by atoms with Gasteiger partial charge in [0.1, 0.15) is 0 Å². The number of aliphatic imine (C=N–C) groups is 1. The van der Waals surface area contributed by atoms with E-state index >= 15 is 0 Å². The van der Waals surface area contributed by atoms with Crippen molar-refractivity contribution in [2.45, 2.75) is 44.8 Å². The van der Waals surface area contributed by atoms with Crippen molar-refractivity contribution in [3.63, 3.8) is 0 Å². The fourth-order valence-electron chi connectivity index (χ4n) is 4.60. The highest BCUT2D eigenvalue weighted by Gasteiger charge is 2.20. The van der Waals surface area contributed by atoms with E-state index in [1.807, 2.05) is 7.05 Å². The molecule has 0 atom stereocenters. The molecule has 1 saturated heterocycles. The smallest absolute Gasteiger partial charge is 0.191 e. The Morgan fingerprint density at radius 2 is 1.81 bits per heavy atom. The summed E-state index contributed by atoms with van der Waals surface area (Å²) in [6, 6.07) is 18.1. The lowest BCUT2D eigenvalue weighted by Crippen LogP contribution is -2.48. The molecule has 1 fully saturated rings. The number of likely N-dealkylation sites (tertiary alicyclic amines) is 1. The second-order valence-corrected chi connectivity index (χ2v) is 8.59. The normalized spacial score (nSPS) is 17.6. The number of anilines is 1. The Morgan fingerprint density at radius 3 is 2.55 bits per heavy atom. The van der Waals surface area contributed by atoms with Crippen molar-refractivity contribution in [2.75, 3.05) is 38.6 Å². The Bertz CT molecular complexity index is 846. The number of nitrogens with one attached hydrogen (secondary N) is 2. The molecule has 0 spiro atoms. The summed E-state index contributed by atoms with van der Waals surface area (Å²) < 4.78 is 0. The van der Waals surface area contributed by atoms with Gasteiger partial charge in [0.05, 0.1) is 0 Å². The van der Waals surface area contributed by atoms with Crippen LogP contribution in [0.5, 0.6) is 0 Å². The van der Waals surface area contributed by atoms with Crippen LogP contribution in [0.25, 0.3) is 0 Å². The average Bonchev–Trinajstić information content (AvgIpc) is 2.78. The number of hydrogen-bond acceptors (Lipinski definition) is 3. The lowest BCUT2D eigenvalue weighted by Gasteiger charge is -2.33. The molecule has 0 amide bonds. The van der Waals surface area contributed by atoms with Crippen LogP contribution in [0.2, 0.25) is 0 Å². The molecule has 31 heavy (non-hydrogen) atoms. The van der Waals surface area contributed by atoms with Crippen molar-refractivity contribution in [1.82, 2.24) is 15.5 Å². The summed E-state index contributed by atoms with van der Waals surface area (Å²) in [5.74, 6) is 0.909. The summed E-state index contributed by atoms with van der Waals surface area (Å²) in [6.45, 7) is 5.27. The van der Waals surface area contributed by atoms with Gasteiger partial charge in [0, 0.05) is 58.5 Å². The number of aryl methyl sites for hydroxylation is 1. The third-order valence-corrected chi connectivity index (χ3v) is 6.36. The molecule has 5 nitrogen and oxygen atoms in total. The van der Waals surface area contributed by atoms with E-state index in [1.54, 1.807) is 0 Å². The molecule has 168 valence electrons. The van der Waals surface area contributed by atoms with E-state index in [-0.39, 0.29) is 24.0 Å². The fourth-order valence-corrected chi connectivity index (χ4v) is 4.60. The molecule has 2 N–H and O–H groups in total. The second kappa shape index (κ2) is 11.7. The van der Waals surface area contributed by atoms with E-state index in [1.165, 1.54) is 35.2 Å². The number of rotatable bonds is 5. The van der Waals surface area contributed by atoms with E-state index in [9.17, 15) is 0 Å². The molecule has 6 heteroatoms. The third-order valence-electron chi connectivity index (χ3n) is 6.36. The third kappa shape index (κ3) is 6.59. The molecule has 4 rings (SSSR count). The highest BCUT2D eigenvalue weighted by atomic mass is 127. The summed E-state index contributed by atoms with van der Waals surface area (Å²) in [4.78, 5) is 9.37. The number of benzene rings is 2. The van der Waals surface area contributed by atoms with Crippen LogP contribution in [0, 0.1) is 0 Å². The number of nitrogens with zero attached hydrogens (tertiary/aromatic N) is 3. The number of fused-ring (bicyclic) bond motifs is 1. The largest absolute Gasteiger partial charge is 0.374 e. The minimum absolute atomic E-state index is 0. The molecule has 2 aromatic rings. The first kappa shape index (κ1) is 23.9. The van der Waals surface area contributed by atoms with Gasteiger partial charge in [0.2, 0.25) is 0 Å². The van der Waals surface area contributed by atoms with Crippen LogP contribution >= 0.6 is 24.0 Å². The van der Waals surface area contributed by atoms with Gasteiger partial charge < -0.3 is 15.5 Å². The Labute approximate surface area is 204 Å². The molecule has 2 aliphatic heterocycles. The van der Waals surface area contributed by atoms with E-state index in [2.05, 4.69) is 81.0 Å². The Hall–Kier alpha value is -1.80. The Morgan fingerprint density at radius 1 is 1.03 bits per heavy atom. The highest BCUT2D eigenvalue weighted by molar-refractivity contribution is 14.0. The first-order valence-corrected chi connectivity index (χ1v) is 11.3. The van der Waals surface area contributed by atoms with E-state index < -0.39 is 0 Å². The van der Waals surface area contributed by atoms with Gasteiger partial charge in [-0.2, -0.15) is 0 Å². The minimum atomic E-state index is 0.